The summed E-state index contributed by atoms with van der Waals surface area (Å²) in [6.45, 7) is 1.68. The Balaban J connectivity index is 1.98. The number of benzene rings is 2. The SMILES string of the molecule is COc1ccc(Cc2cc(-c3ccc(NC(C)=O)cc3)nn(CCC#N)c2=O)cc1. The average molecular weight is 402 g/mol. The summed E-state index contributed by atoms with van der Waals surface area (Å²) in [5.74, 6) is 0.604. The Morgan fingerprint density at radius 2 is 1.87 bits per heavy atom. The lowest BCUT2D eigenvalue weighted by molar-refractivity contribution is -0.114. The Hall–Kier alpha value is -3.92. The highest BCUT2D eigenvalue weighted by Gasteiger charge is 2.11. The van der Waals surface area contributed by atoms with Crippen LogP contribution in [-0.2, 0) is 17.8 Å². The van der Waals surface area contributed by atoms with Gasteiger partial charge in [0.05, 0.1) is 31.8 Å². The van der Waals surface area contributed by atoms with Crippen molar-refractivity contribution in [2.75, 3.05) is 12.4 Å². The molecule has 1 amide bonds. The van der Waals surface area contributed by atoms with Gasteiger partial charge in [0.15, 0.2) is 0 Å². The van der Waals surface area contributed by atoms with Crippen LogP contribution >= 0.6 is 0 Å². The average Bonchev–Trinajstić information content (AvgIpc) is 2.75. The zero-order valence-corrected chi connectivity index (χ0v) is 16.9. The summed E-state index contributed by atoms with van der Waals surface area (Å²) in [4.78, 5) is 24.1. The molecule has 0 fully saturated rings. The number of hydrogen-bond donors (Lipinski definition) is 1. The number of amides is 1. The van der Waals surface area contributed by atoms with E-state index in [1.807, 2.05) is 36.4 Å². The van der Waals surface area contributed by atoms with Crippen molar-refractivity contribution in [3.05, 3.63) is 76.1 Å². The summed E-state index contributed by atoms with van der Waals surface area (Å²) < 4.78 is 6.53. The molecule has 0 unspecified atom stereocenters. The van der Waals surface area contributed by atoms with Gasteiger partial charge in [-0.05, 0) is 35.9 Å². The molecular formula is C23H22N4O3. The van der Waals surface area contributed by atoms with Crippen LogP contribution in [-0.4, -0.2) is 22.8 Å². The first-order chi connectivity index (χ1) is 14.5. The van der Waals surface area contributed by atoms with E-state index in [4.69, 9.17) is 10.00 Å². The van der Waals surface area contributed by atoms with Crippen LogP contribution in [0.5, 0.6) is 5.75 Å². The quantitative estimate of drug-likeness (QED) is 0.653. The Kier molecular flexibility index (Phi) is 6.60. The zero-order valence-electron chi connectivity index (χ0n) is 16.9. The molecule has 1 N–H and O–H groups in total. The van der Waals surface area contributed by atoms with E-state index >= 15 is 0 Å². The number of nitriles is 1. The Morgan fingerprint density at radius 3 is 2.47 bits per heavy atom. The summed E-state index contributed by atoms with van der Waals surface area (Å²) in [6, 6.07) is 18.6. The smallest absolute Gasteiger partial charge is 0.270 e. The number of rotatable bonds is 7. The fraction of sp³-hybridized carbons (Fsp3) is 0.217. The van der Waals surface area contributed by atoms with E-state index in [9.17, 15) is 9.59 Å². The molecule has 0 aliphatic rings. The number of ether oxygens (including phenoxy) is 1. The molecule has 3 rings (SSSR count). The van der Waals surface area contributed by atoms with Crippen LogP contribution in [0.4, 0.5) is 5.69 Å². The van der Waals surface area contributed by atoms with Crippen molar-refractivity contribution in [3.63, 3.8) is 0 Å². The first kappa shape index (κ1) is 20.8. The number of nitrogens with one attached hydrogen (secondary N) is 1. The van der Waals surface area contributed by atoms with Crippen LogP contribution in [0.15, 0.2) is 59.4 Å². The summed E-state index contributed by atoms with van der Waals surface area (Å²) >= 11 is 0. The molecule has 30 heavy (non-hydrogen) atoms. The van der Waals surface area contributed by atoms with E-state index in [1.165, 1.54) is 11.6 Å². The number of aromatic nitrogens is 2. The number of aryl methyl sites for hydroxylation is 1. The van der Waals surface area contributed by atoms with Gasteiger partial charge in [-0.15, -0.1) is 0 Å². The van der Waals surface area contributed by atoms with Crippen LogP contribution in [0, 0.1) is 11.3 Å². The highest BCUT2D eigenvalue weighted by atomic mass is 16.5. The standard InChI is InChI=1S/C23H22N4O3/c1-16(28)25-20-8-6-18(7-9-20)22-15-19(23(29)27(26-22)13-3-12-24)14-17-4-10-21(30-2)11-5-17/h4-11,15H,3,13-14H2,1-2H3,(H,25,28). The maximum absolute atomic E-state index is 12.9. The summed E-state index contributed by atoms with van der Waals surface area (Å²) in [5, 5.41) is 16.1. The number of carbonyl (C=O) groups excluding carboxylic acids is 1. The minimum absolute atomic E-state index is 0.146. The minimum Gasteiger partial charge on any atom is -0.497 e. The number of methoxy groups -OCH3 is 1. The Bertz CT molecular complexity index is 1130. The molecule has 2 aromatic carbocycles. The second-order valence-corrected chi connectivity index (χ2v) is 6.77. The topological polar surface area (TPSA) is 97.0 Å². The van der Waals surface area contributed by atoms with Gasteiger partial charge in [-0.25, -0.2) is 4.68 Å². The van der Waals surface area contributed by atoms with Crippen LogP contribution in [0.2, 0.25) is 0 Å². The van der Waals surface area contributed by atoms with Gasteiger partial charge in [-0.2, -0.15) is 10.4 Å². The monoisotopic (exact) mass is 402 g/mol. The van der Waals surface area contributed by atoms with Crippen molar-refractivity contribution >= 4 is 11.6 Å². The third kappa shape index (κ3) is 5.11. The fourth-order valence-electron chi connectivity index (χ4n) is 3.06. The van der Waals surface area contributed by atoms with Crippen molar-refractivity contribution in [2.45, 2.75) is 26.3 Å². The molecule has 0 atom stereocenters. The predicted octanol–water partition coefficient (Wildman–Crippen LogP) is 3.38. The third-order valence-corrected chi connectivity index (χ3v) is 4.54. The van der Waals surface area contributed by atoms with Crippen LogP contribution in [0.25, 0.3) is 11.3 Å². The lowest BCUT2D eigenvalue weighted by atomic mass is 10.0. The highest BCUT2D eigenvalue weighted by Crippen LogP contribution is 2.21. The lowest BCUT2D eigenvalue weighted by Crippen LogP contribution is -2.27. The largest absolute Gasteiger partial charge is 0.497 e. The van der Waals surface area contributed by atoms with Gasteiger partial charge >= 0.3 is 0 Å². The van der Waals surface area contributed by atoms with Gasteiger partial charge in [0.25, 0.3) is 5.56 Å². The number of anilines is 1. The molecule has 152 valence electrons. The number of carbonyl (C=O) groups is 1. The van der Waals surface area contributed by atoms with E-state index < -0.39 is 0 Å². The summed E-state index contributed by atoms with van der Waals surface area (Å²) in [6.07, 6.45) is 0.634. The van der Waals surface area contributed by atoms with Crippen molar-refractivity contribution in [1.82, 2.24) is 9.78 Å². The molecule has 0 aliphatic carbocycles. The maximum Gasteiger partial charge on any atom is 0.270 e. The van der Waals surface area contributed by atoms with E-state index in [0.29, 0.717) is 23.4 Å². The molecule has 0 spiro atoms. The van der Waals surface area contributed by atoms with Gasteiger partial charge in [0, 0.05) is 30.2 Å². The van der Waals surface area contributed by atoms with E-state index in [-0.39, 0.29) is 24.4 Å². The molecule has 0 aliphatic heterocycles. The zero-order chi connectivity index (χ0) is 21.5. The molecule has 1 aromatic heterocycles. The number of hydrogen-bond acceptors (Lipinski definition) is 5. The third-order valence-electron chi connectivity index (χ3n) is 4.54. The first-order valence-corrected chi connectivity index (χ1v) is 9.49. The highest BCUT2D eigenvalue weighted by molar-refractivity contribution is 5.88. The first-order valence-electron chi connectivity index (χ1n) is 9.49. The molecular weight excluding hydrogens is 380 g/mol. The molecule has 0 saturated carbocycles. The van der Waals surface area contributed by atoms with Crippen LogP contribution in [0.1, 0.15) is 24.5 Å². The van der Waals surface area contributed by atoms with Gasteiger partial charge < -0.3 is 10.1 Å². The molecule has 1 heterocycles. The Morgan fingerprint density at radius 1 is 1.17 bits per heavy atom. The van der Waals surface area contributed by atoms with Crippen LogP contribution in [0.3, 0.4) is 0 Å². The van der Waals surface area contributed by atoms with Crippen LogP contribution < -0.4 is 15.6 Å². The Labute approximate surface area is 174 Å². The summed E-state index contributed by atoms with van der Waals surface area (Å²) in [5.41, 5.74) is 3.48. The van der Waals surface area contributed by atoms with Crippen molar-refractivity contribution < 1.29 is 9.53 Å². The normalized spacial score (nSPS) is 10.3. The van der Waals surface area contributed by atoms with Gasteiger partial charge in [0.1, 0.15) is 5.75 Å². The van der Waals surface area contributed by atoms with Gasteiger partial charge in [-0.1, -0.05) is 24.3 Å². The van der Waals surface area contributed by atoms with E-state index in [2.05, 4.69) is 16.5 Å². The maximum atomic E-state index is 12.9. The van der Waals surface area contributed by atoms with Crippen molar-refractivity contribution in [2.24, 2.45) is 0 Å². The predicted molar refractivity (Wildman–Crippen MR) is 114 cm³/mol. The molecule has 7 heteroatoms. The van der Waals surface area contributed by atoms with Crippen molar-refractivity contribution in [1.29, 1.82) is 5.26 Å². The van der Waals surface area contributed by atoms with Gasteiger partial charge in [0.2, 0.25) is 5.91 Å². The molecule has 7 nitrogen and oxygen atoms in total. The molecule has 0 saturated heterocycles. The summed E-state index contributed by atoms with van der Waals surface area (Å²) in [7, 11) is 1.61. The van der Waals surface area contributed by atoms with E-state index in [1.54, 1.807) is 25.3 Å². The molecule has 0 bridgehead atoms. The van der Waals surface area contributed by atoms with E-state index in [0.717, 1.165) is 16.9 Å². The van der Waals surface area contributed by atoms with Gasteiger partial charge in [-0.3, -0.25) is 9.59 Å². The second kappa shape index (κ2) is 9.52. The minimum atomic E-state index is -0.209. The second-order valence-electron chi connectivity index (χ2n) is 6.77. The molecule has 0 radical (unpaired) electrons. The number of nitrogens with zero attached hydrogens (tertiary/aromatic N) is 3. The molecule has 3 aromatic rings. The lowest BCUT2D eigenvalue weighted by Gasteiger charge is -2.11. The van der Waals surface area contributed by atoms with Crippen molar-refractivity contribution in [3.8, 4) is 23.1 Å². The fourth-order valence-corrected chi connectivity index (χ4v) is 3.06.